The molecule has 0 saturated carbocycles. The summed E-state index contributed by atoms with van der Waals surface area (Å²) in [5.41, 5.74) is 1.92. The second-order valence-electron chi connectivity index (χ2n) is 7.56. The molecule has 0 spiro atoms. The number of piperazine rings is 1. The van der Waals surface area contributed by atoms with Crippen molar-refractivity contribution >= 4 is 11.6 Å². The van der Waals surface area contributed by atoms with E-state index in [4.69, 9.17) is 9.47 Å². The van der Waals surface area contributed by atoms with Gasteiger partial charge in [-0.2, -0.15) is 0 Å². The summed E-state index contributed by atoms with van der Waals surface area (Å²) in [7, 11) is 1.60. The molecule has 0 aromatic heterocycles. The molecule has 3 rings (SSSR count). The number of aryl methyl sites for hydroxylation is 1. The first-order valence-electron chi connectivity index (χ1n) is 10.3. The molecule has 2 aromatic rings. The summed E-state index contributed by atoms with van der Waals surface area (Å²) < 4.78 is 11.0. The molecule has 1 aliphatic rings. The van der Waals surface area contributed by atoms with Crippen molar-refractivity contribution in [3.63, 3.8) is 0 Å². The molecular weight excluding hydrogens is 382 g/mol. The van der Waals surface area contributed by atoms with Crippen LogP contribution in [0.25, 0.3) is 0 Å². The largest absolute Gasteiger partial charge is 0.493 e. The van der Waals surface area contributed by atoms with Crippen LogP contribution in [-0.2, 0) is 4.79 Å². The van der Waals surface area contributed by atoms with Crippen LogP contribution in [0, 0.1) is 6.92 Å². The van der Waals surface area contributed by atoms with Crippen LogP contribution in [0.1, 0.15) is 5.56 Å². The quantitative estimate of drug-likeness (QED) is 0.655. The Bertz CT molecular complexity index is 822. The van der Waals surface area contributed by atoms with Crippen LogP contribution in [0.5, 0.6) is 11.5 Å². The fraction of sp³-hybridized carbons (Fsp3) is 0.435. The molecule has 1 amide bonds. The summed E-state index contributed by atoms with van der Waals surface area (Å²) in [5.74, 6) is 1.29. The molecule has 1 saturated heterocycles. The third kappa shape index (κ3) is 6.45. The van der Waals surface area contributed by atoms with Crippen molar-refractivity contribution in [2.45, 2.75) is 13.0 Å². The SMILES string of the molecule is COc1ccccc1OCC(O)CN1CCN(CC(=O)Nc2ccccc2C)CC1. The standard InChI is InChI=1S/C23H31N3O4/c1-18-7-3-4-8-20(18)24-23(28)16-26-13-11-25(12-14-26)15-19(27)17-30-22-10-6-5-9-21(22)29-2/h3-10,19,27H,11-17H2,1-2H3,(H,24,28). The number of nitrogens with one attached hydrogen (secondary N) is 1. The molecule has 0 radical (unpaired) electrons. The van der Waals surface area contributed by atoms with Crippen LogP contribution in [0.15, 0.2) is 48.5 Å². The summed E-state index contributed by atoms with van der Waals surface area (Å²) in [6.07, 6.45) is -0.592. The Balaban J connectivity index is 1.37. The molecule has 7 nitrogen and oxygen atoms in total. The van der Waals surface area contributed by atoms with Crippen molar-refractivity contribution in [2.24, 2.45) is 0 Å². The highest BCUT2D eigenvalue weighted by molar-refractivity contribution is 5.92. The molecule has 1 fully saturated rings. The van der Waals surface area contributed by atoms with Gasteiger partial charge in [-0.15, -0.1) is 0 Å². The van der Waals surface area contributed by atoms with Crippen molar-refractivity contribution in [3.05, 3.63) is 54.1 Å². The number of benzene rings is 2. The van der Waals surface area contributed by atoms with Gasteiger partial charge in [0, 0.05) is 38.4 Å². The number of nitrogens with zero attached hydrogens (tertiary/aromatic N) is 2. The first kappa shape index (κ1) is 22.1. The van der Waals surface area contributed by atoms with E-state index in [1.54, 1.807) is 7.11 Å². The van der Waals surface area contributed by atoms with Crippen LogP contribution in [0.2, 0.25) is 0 Å². The number of rotatable bonds is 9. The van der Waals surface area contributed by atoms with Gasteiger partial charge in [-0.3, -0.25) is 14.6 Å². The number of anilines is 1. The highest BCUT2D eigenvalue weighted by atomic mass is 16.5. The minimum atomic E-state index is -0.592. The smallest absolute Gasteiger partial charge is 0.238 e. The highest BCUT2D eigenvalue weighted by Gasteiger charge is 2.21. The van der Waals surface area contributed by atoms with Gasteiger partial charge in [0.1, 0.15) is 12.7 Å². The third-order valence-corrected chi connectivity index (χ3v) is 5.22. The first-order chi connectivity index (χ1) is 14.5. The summed E-state index contributed by atoms with van der Waals surface area (Å²) in [4.78, 5) is 16.7. The summed E-state index contributed by atoms with van der Waals surface area (Å²) in [6.45, 7) is 6.31. The zero-order chi connectivity index (χ0) is 21.3. The second-order valence-corrected chi connectivity index (χ2v) is 7.56. The minimum Gasteiger partial charge on any atom is -0.493 e. The van der Waals surface area contributed by atoms with Crippen LogP contribution in [0.3, 0.4) is 0 Å². The van der Waals surface area contributed by atoms with E-state index in [9.17, 15) is 9.90 Å². The van der Waals surface area contributed by atoms with Gasteiger partial charge in [-0.25, -0.2) is 0 Å². The van der Waals surface area contributed by atoms with Gasteiger partial charge >= 0.3 is 0 Å². The molecule has 1 heterocycles. The fourth-order valence-electron chi connectivity index (χ4n) is 3.51. The number of carbonyl (C=O) groups is 1. The van der Waals surface area contributed by atoms with Crippen molar-refractivity contribution in [2.75, 3.05) is 58.3 Å². The number of ether oxygens (including phenoxy) is 2. The lowest BCUT2D eigenvalue weighted by atomic mass is 10.2. The molecule has 0 bridgehead atoms. The Morgan fingerprint density at radius 1 is 1.03 bits per heavy atom. The fourth-order valence-corrected chi connectivity index (χ4v) is 3.51. The lowest BCUT2D eigenvalue weighted by molar-refractivity contribution is -0.117. The van der Waals surface area contributed by atoms with Crippen LogP contribution >= 0.6 is 0 Å². The predicted octanol–water partition coefficient (Wildman–Crippen LogP) is 2.00. The average Bonchev–Trinajstić information content (AvgIpc) is 2.75. The predicted molar refractivity (Wildman–Crippen MR) is 117 cm³/mol. The Hall–Kier alpha value is -2.61. The van der Waals surface area contributed by atoms with E-state index in [0.29, 0.717) is 24.6 Å². The van der Waals surface area contributed by atoms with Gasteiger partial charge < -0.3 is 19.9 Å². The first-order valence-corrected chi connectivity index (χ1v) is 10.3. The molecule has 7 heteroatoms. The summed E-state index contributed by atoms with van der Waals surface area (Å²) in [5, 5.41) is 13.3. The van der Waals surface area contributed by atoms with E-state index in [2.05, 4.69) is 15.1 Å². The number of methoxy groups -OCH3 is 1. The maximum Gasteiger partial charge on any atom is 0.238 e. The van der Waals surface area contributed by atoms with E-state index >= 15 is 0 Å². The summed E-state index contributed by atoms with van der Waals surface area (Å²) >= 11 is 0. The molecule has 162 valence electrons. The Morgan fingerprint density at radius 3 is 2.37 bits per heavy atom. The molecule has 30 heavy (non-hydrogen) atoms. The van der Waals surface area contributed by atoms with Gasteiger partial charge in [0.25, 0.3) is 0 Å². The Kier molecular flexibility index (Phi) is 8.07. The number of hydrogen-bond donors (Lipinski definition) is 2. The maximum absolute atomic E-state index is 12.3. The maximum atomic E-state index is 12.3. The molecular formula is C23H31N3O4. The van der Waals surface area contributed by atoms with Gasteiger partial charge in [0.15, 0.2) is 11.5 Å². The molecule has 1 unspecified atom stereocenters. The van der Waals surface area contributed by atoms with E-state index < -0.39 is 6.10 Å². The van der Waals surface area contributed by atoms with Gasteiger partial charge in [-0.05, 0) is 30.7 Å². The molecule has 0 aliphatic carbocycles. The van der Waals surface area contributed by atoms with E-state index in [1.807, 2.05) is 55.5 Å². The molecule has 2 aromatic carbocycles. The lowest BCUT2D eigenvalue weighted by Gasteiger charge is -2.35. The second kappa shape index (κ2) is 11.0. The van der Waals surface area contributed by atoms with Crippen molar-refractivity contribution in [1.82, 2.24) is 9.80 Å². The van der Waals surface area contributed by atoms with Gasteiger partial charge in [-0.1, -0.05) is 30.3 Å². The van der Waals surface area contributed by atoms with Gasteiger partial charge in [0.05, 0.1) is 13.7 Å². The van der Waals surface area contributed by atoms with Crippen LogP contribution < -0.4 is 14.8 Å². The molecule has 1 aliphatic heterocycles. The average molecular weight is 414 g/mol. The highest BCUT2D eigenvalue weighted by Crippen LogP contribution is 2.25. The van der Waals surface area contributed by atoms with Crippen LogP contribution in [-0.4, -0.2) is 79.9 Å². The topological polar surface area (TPSA) is 74.3 Å². The number of aliphatic hydroxyl groups is 1. The Morgan fingerprint density at radius 2 is 1.67 bits per heavy atom. The zero-order valence-corrected chi connectivity index (χ0v) is 17.7. The Labute approximate surface area is 178 Å². The molecule has 2 N–H and O–H groups in total. The molecule has 1 atom stereocenters. The lowest BCUT2D eigenvalue weighted by Crippen LogP contribution is -2.50. The van der Waals surface area contributed by atoms with E-state index in [-0.39, 0.29) is 12.5 Å². The number of hydrogen-bond acceptors (Lipinski definition) is 6. The number of β-amino-alcohol motifs (C(OH)–C–C–N with tert-alkyl or cyclic N) is 1. The monoisotopic (exact) mass is 413 g/mol. The number of para-hydroxylation sites is 3. The number of amides is 1. The number of carbonyl (C=O) groups excluding carboxylic acids is 1. The van der Waals surface area contributed by atoms with Crippen molar-refractivity contribution < 1.29 is 19.4 Å². The van der Waals surface area contributed by atoms with Crippen molar-refractivity contribution in [3.8, 4) is 11.5 Å². The third-order valence-electron chi connectivity index (χ3n) is 5.22. The van der Waals surface area contributed by atoms with Crippen molar-refractivity contribution in [1.29, 1.82) is 0 Å². The summed E-state index contributed by atoms with van der Waals surface area (Å²) in [6, 6.07) is 15.2. The minimum absolute atomic E-state index is 0.00277. The van der Waals surface area contributed by atoms with Gasteiger partial charge in [0.2, 0.25) is 5.91 Å². The normalized spacial score (nSPS) is 16.1. The van der Waals surface area contributed by atoms with Crippen LogP contribution in [0.4, 0.5) is 5.69 Å². The van der Waals surface area contributed by atoms with E-state index in [0.717, 1.165) is 37.4 Å². The van der Waals surface area contributed by atoms with E-state index in [1.165, 1.54) is 0 Å². The zero-order valence-electron chi connectivity index (χ0n) is 17.7. The number of aliphatic hydroxyl groups excluding tert-OH is 1.